The second-order valence-electron chi connectivity index (χ2n) is 6.06. The van der Waals surface area contributed by atoms with E-state index in [4.69, 9.17) is 10.5 Å². The van der Waals surface area contributed by atoms with Gasteiger partial charge in [-0.3, -0.25) is 4.79 Å². The van der Waals surface area contributed by atoms with Crippen LogP contribution in [0.3, 0.4) is 0 Å². The number of piperidine rings is 1. The number of likely N-dealkylation sites (tertiary alicyclic amines) is 1. The number of carbonyl (C=O) groups excluding carboxylic acids is 1. The fourth-order valence-corrected chi connectivity index (χ4v) is 3.51. The fourth-order valence-electron chi connectivity index (χ4n) is 2.89. The molecule has 1 aliphatic rings. The van der Waals surface area contributed by atoms with Crippen molar-refractivity contribution in [1.29, 1.82) is 0 Å². The first-order valence-corrected chi connectivity index (χ1v) is 9.27. The van der Waals surface area contributed by atoms with Gasteiger partial charge in [0.2, 0.25) is 0 Å². The van der Waals surface area contributed by atoms with Crippen molar-refractivity contribution in [3.63, 3.8) is 0 Å². The van der Waals surface area contributed by atoms with E-state index < -0.39 is 0 Å². The number of rotatable bonds is 6. The molecule has 0 bridgehead atoms. The number of aromatic nitrogens is 2. The number of H-pyrrole nitrogens is 1. The second kappa shape index (κ2) is 7.92. The van der Waals surface area contributed by atoms with E-state index in [1.54, 1.807) is 11.3 Å². The molecule has 1 saturated heterocycles. The number of amides is 1. The minimum atomic E-state index is 0.0496. The number of thiazole rings is 1. The lowest BCUT2D eigenvalue weighted by atomic mass is 10.1. The summed E-state index contributed by atoms with van der Waals surface area (Å²) in [5.41, 5.74) is 7.98. The Balaban J connectivity index is 1.55. The number of hydrogen-bond donors (Lipinski definition) is 2. The standard InChI is InChI=1S/C17H24N4O2S/c1-12-20-16(11-24-12)13-9-15(19-10-13)17(22)21-6-3-14(4-7-21)23-8-2-5-18/h9-11,14,19H,2-8,18H2,1H3. The lowest BCUT2D eigenvalue weighted by Gasteiger charge is -2.31. The normalized spacial score (nSPS) is 15.8. The number of ether oxygens (including phenoxy) is 1. The Labute approximate surface area is 146 Å². The molecule has 3 heterocycles. The Bertz CT molecular complexity index is 674. The average molecular weight is 348 g/mol. The number of nitrogens with zero attached hydrogens (tertiary/aromatic N) is 2. The Morgan fingerprint density at radius 2 is 2.29 bits per heavy atom. The van der Waals surface area contributed by atoms with Gasteiger partial charge in [0.1, 0.15) is 5.69 Å². The van der Waals surface area contributed by atoms with Crippen LogP contribution in [0, 0.1) is 6.92 Å². The van der Waals surface area contributed by atoms with Crippen LogP contribution in [0.25, 0.3) is 11.3 Å². The van der Waals surface area contributed by atoms with Crippen molar-refractivity contribution in [3.05, 3.63) is 28.3 Å². The van der Waals surface area contributed by atoms with E-state index in [9.17, 15) is 4.79 Å². The molecular weight excluding hydrogens is 324 g/mol. The van der Waals surface area contributed by atoms with Crippen LogP contribution < -0.4 is 5.73 Å². The molecule has 0 aromatic carbocycles. The van der Waals surface area contributed by atoms with Crippen LogP contribution in [0.15, 0.2) is 17.6 Å². The Morgan fingerprint density at radius 3 is 2.96 bits per heavy atom. The summed E-state index contributed by atoms with van der Waals surface area (Å²) in [6, 6.07) is 1.89. The van der Waals surface area contributed by atoms with E-state index in [0.29, 0.717) is 18.8 Å². The molecule has 0 radical (unpaired) electrons. The fraction of sp³-hybridized carbons (Fsp3) is 0.529. The van der Waals surface area contributed by atoms with Crippen molar-refractivity contribution in [1.82, 2.24) is 14.9 Å². The van der Waals surface area contributed by atoms with Crippen molar-refractivity contribution in [2.75, 3.05) is 26.2 Å². The van der Waals surface area contributed by atoms with Crippen LogP contribution in [0.5, 0.6) is 0 Å². The second-order valence-corrected chi connectivity index (χ2v) is 7.12. The maximum absolute atomic E-state index is 12.6. The number of aromatic amines is 1. The van der Waals surface area contributed by atoms with Gasteiger partial charge in [-0.1, -0.05) is 0 Å². The minimum Gasteiger partial charge on any atom is -0.378 e. The predicted octanol–water partition coefficient (Wildman–Crippen LogP) is 2.42. The minimum absolute atomic E-state index is 0.0496. The van der Waals surface area contributed by atoms with Gasteiger partial charge in [-0.25, -0.2) is 4.98 Å². The molecule has 24 heavy (non-hydrogen) atoms. The van der Waals surface area contributed by atoms with Crippen LogP contribution in [-0.2, 0) is 4.74 Å². The molecule has 2 aromatic heterocycles. The van der Waals surface area contributed by atoms with Gasteiger partial charge in [-0.2, -0.15) is 0 Å². The van der Waals surface area contributed by atoms with Crippen molar-refractivity contribution in [2.24, 2.45) is 5.73 Å². The van der Waals surface area contributed by atoms with Crippen LogP contribution in [0.2, 0.25) is 0 Å². The summed E-state index contributed by atoms with van der Waals surface area (Å²) in [6.07, 6.45) is 4.76. The number of carbonyl (C=O) groups is 1. The highest BCUT2D eigenvalue weighted by Crippen LogP contribution is 2.23. The lowest BCUT2D eigenvalue weighted by molar-refractivity contribution is 0.00831. The Morgan fingerprint density at radius 1 is 1.50 bits per heavy atom. The van der Waals surface area contributed by atoms with Crippen LogP contribution in [-0.4, -0.2) is 53.1 Å². The van der Waals surface area contributed by atoms with Crippen LogP contribution in [0.4, 0.5) is 0 Å². The van der Waals surface area contributed by atoms with E-state index in [0.717, 1.165) is 48.6 Å². The highest BCUT2D eigenvalue weighted by atomic mass is 32.1. The SMILES string of the molecule is Cc1nc(-c2c[nH]c(C(=O)N3CCC(OCCCN)CC3)c2)cs1. The van der Waals surface area contributed by atoms with Crippen molar-refractivity contribution in [3.8, 4) is 11.3 Å². The molecule has 130 valence electrons. The summed E-state index contributed by atoms with van der Waals surface area (Å²) in [7, 11) is 0. The smallest absolute Gasteiger partial charge is 0.270 e. The highest BCUT2D eigenvalue weighted by Gasteiger charge is 2.25. The maximum atomic E-state index is 12.6. The number of aryl methyl sites for hydroxylation is 1. The third kappa shape index (κ3) is 4.03. The third-order valence-corrected chi connectivity index (χ3v) is 5.03. The predicted molar refractivity (Wildman–Crippen MR) is 95.2 cm³/mol. The van der Waals surface area contributed by atoms with Gasteiger partial charge < -0.3 is 20.4 Å². The van der Waals surface area contributed by atoms with Crippen molar-refractivity contribution < 1.29 is 9.53 Å². The van der Waals surface area contributed by atoms with Gasteiger partial charge in [0, 0.05) is 36.8 Å². The summed E-state index contributed by atoms with van der Waals surface area (Å²) in [4.78, 5) is 22.1. The van der Waals surface area contributed by atoms with E-state index in [1.807, 2.05) is 29.5 Å². The first-order chi connectivity index (χ1) is 11.7. The molecule has 1 fully saturated rings. The van der Waals surface area contributed by atoms with E-state index in [-0.39, 0.29) is 12.0 Å². The number of nitrogens with two attached hydrogens (primary N) is 1. The van der Waals surface area contributed by atoms with Gasteiger partial charge in [0.25, 0.3) is 5.91 Å². The molecule has 1 amide bonds. The summed E-state index contributed by atoms with van der Waals surface area (Å²) >= 11 is 1.61. The summed E-state index contributed by atoms with van der Waals surface area (Å²) in [6.45, 7) is 4.81. The van der Waals surface area contributed by atoms with Crippen molar-refractivity contribution in [2.45, 2.75) is 32.3 Å². The summed E-state index contributed by atoms with van der Waals surface area (Å²) in [5.74, 6) is 0.0496. The topological polar surface area (TPSA) is 84.2 Å². The summed E-state index contributed by atoms with van der Waals surface area (Å²) < 4.78 is 5.79. The molecule has 1 aliphatic heterocycles. The first-order valence-electron chi connectivity index (χ1n) is 8.39. The Kier molecular flexibility index (Phi) is 5.65. The van der Waals surface area contributed by atoms with Crippen LogP contribution >= 0.6 is 11.3 Å². The van der Waals surface area contributed by atoms with Gasteiger partial charge in [-0.05, 0) is 38.8 Å². The van der Waals surface area contributed by atoms with Crippen LogP contribution in [0.1, 0.15) is 34.8 Å². The third-order valence-electron chi connectivity index (χ3n) is 4.26. The molecule has 3 rings (SSSR count). The van der Waals surface area contributed by atoms with E-state index in [1.165, 1.54) is 0 Å². The zero-order valence-corrected chi connectivity index (χ0v) is 14.8. The lowest BCUT2D eigenvalue weighted by Crippen LogP contribution is -2.41. The average Bonchev–Trinajstić information content (AvgIpc) is 3.24. The molecule has 6 nitrogen and oxygen atoms in total. The largest absolute Gasteiger partial charge is 0.378 e. The van der Waals surface area contributed by atoms with E-state index in [2.05, 4.69) is 9.97 Å². The molecule has 0 atom stereocenters. The molecule has 7 heteroatoms. The monoisotopic (exact) mass is 348 g/mol. The zero-order chi connectivity index (χ0) is 16.9. The van der Waals surface area contributed by atoms with Gasteiger partial charge in [0.05, 0.1) is 16.8 Å². The molecule has 0 aliphatic carbocycles. The highest BCUT2D eigenvalue weighted by molar-refractivity contribution is 7.09. The molecule has 3 N–H and O–H groups in total. The van der Waals surface area contributed by atoms with Crippen molar-refractivity contribution >= 4 is 17.2 Å². The first kappa shape index (κ1) is 17.1. The Hall–Kier alpha value is -1.70. The molecule has 2 aromatic rings. The van der Waals surface area contributed by atoms with Gasteiger partial charge in [0.15, 0.2) is 0 Å². The molecular formula is C17H24N4O2S. The quantitative estimate of drug-likeness (QED) is 0.785. The maximum Gasteiger partial charge on any atom is 0.270 e. The number of nitrogens with one attached hydrogen (secondary N) is 1. The zero-order valence-electron chi connectivity index (χ0n) is 14.0. The summed E-state index contributed by atoms with van der Waals surface area (Å²) in [5, 5.41) is 3.03. The molecule has 0 unspecified atom stereocenters. The molecule has 0 saturated carbocycles. The van der Waals surface area contributed by atoms with Gasteiger partial charge in [-0.15, -0.1) is 11.3 Å². The van der Waals surface area contributed by atoms with E-state index >= 15 is 0 Å². The number of hydrogen-bond acceptors (Lipinski definition) is 5. The molecule has 0 spiro atoms. The van der Waals surface area contributed by atoms with Gasteiger partial charge >= 0.3 is 0 Å².